The van der Waals surface area contributed by atoms with Gasteiger partial charge in [0.1, 0.15) is 5.75 Å². The van der Waals surface area contributed by atoms with E-state index in [9.17, 15) is 5.11 Å². The van der Waals surface area contributed by atoms with Crippen LogP contribution >= 0.6 is 0 Å². The van der Waals surface area contributed by atoms with Gasteiger partial charge >= 0.3 is 0 Å². The van der Waals surface area contributed by atoms with Gasteiger partial charge in [0.15, 0.2) is 0 Å². The smallest absolute Gasteiger partial charge is 0.118 e. The Balaban J connectivity index is 2.25. The Hall–Kier alpha value is -1.32. The summed E-state index contributed by atoms with van der Waals surface area (Å²) in [6, 6.07) is 7.85. The van der Waals surface area contributed by atoms with Crippen LogP contribution in [-0.4, -0.2) is 24.9 Å². The molecule has 1 atom stereocenters. The highest BCUT2D eigenvalue weighted by Crippen LogP contribution is 2.12. The molecule has 18 heavy (non-hydrogen) atoms. The van der Waals surface area contributed by atoms with Crippen molar-refractivity contribution < 1.29 is 14.6 Å². The third-order valence-electron chi connectivity index (χ3n) is 2.59. The highest BCUT2D eigenvalue weighted by atomic mass is 16.5. The van der Waals surface area contributed by atoms with Crippen molar-refractivity contribution in [3.8, 4) is 5.75 Å². The standard InChI is InChI=1S/C15H22O3/c1-12(10-13(2)16)8-9-18-11-14-4-6-15(17-3)7-5-14/h4-7,10,13,16H,8-9,11H2,1-3H3/b12-10+/t13-/m1/s1. The molecule has 0 aliphatic carbocycles. The maximum atomic E-state index is 9.18. The van der Waals surface area contributed by atoms with Crippen LogP contribution in [0.15, 0.2) is 35.9 Å². The molecule has 100 valence electrons. The van der Waals surface area contributed by atoms with Gasteiger partial charge in [0.05, 0.1) is 26.4 Å². The van der Waals surface area contributed by atoms with E-state index in [0.717, 1.165) is 23.3 Å². The molecule has 1 rings (SSSR count). The highest BCUT2D eigenvalue weighted by molar-refractivity contribution is 5.26. The molecule has 0 unspecified atom stereocenters. The van der Waals surface area contributed by atoms with E-state index in [-0.39, 0.29) is 6.10 Å². The molecule has 0 bridgehead atoms. The summed E-state index contributed by atoms with van der Waals surface area (Å²) in [5.41, 5.74) is 2.28. The molecule has 0 fully saturated rings. The molecule has 0 radical (unpaired) electrons. The Morgan fingerprint density at radius 1 is 1.33 bits per heavy atom. The van der Waals surface area contributed by atoms with Crippen LogP contribution in [0.1, 0.15) is 25.8 Å². The van der Waals surface area contributed by atoms with E-state index in [1.165, 1.54) is 0 Å². The SMILES string of the molecule is COc1ccc(COCC/C(C)=C/[C@@H](C)O)cc1. The highest BCUT2D eigenvalue weighted by Gasteiger charge is 1.97. The number of rotatable bonds is 7. The van der Waals surface area contributed by atoms with Crippen LogP contribution < -0.4 is 4.74 Å². The minimum Gasteiger partial charge on any atom is -0.497 e. The zero-order valence-electron chi connectivity index (χ0n) is 11.3. The van der Waals surface area contributed by atoms with E-state index >= 15 is 0 Å². The summed E-state index contributed by atoms with van der Waals surface area (Å²) >= 11 is 0. The van der Waals surface area contributed by atoms with E-state index in [2.05, 4.69) is 0 Å². The van der Waals surface area contributed by atoms with Crippen molar-refractivity contribution >= 4 is 0 Å². The molecule has 0 spiro atoms. The molecule has 0 saturated carbocycles. The van der Waals surface area contributed by atoms with E-state index in [4.69, 9.17) is 9.47 Å². The summed E-state index contributed by atoms with van der Waals surface area (Å²) in [6.07, 6.45) is 2.31. The third-order valence-corrected chi connectivity index (χ3v) is 2.59. The molecule has 1 N–H and O–H groups in total. The molecule has 1 aromatic rings. The average Bonchev–Trinajstić information content (AvgIpc) is 2.34. The Morgan fingerprint density at radius 3 is 2.56 bits per heavy atom. The summed E-state index contributed by atoms with van der Waals surface area (Å²) in [4.78, 5) is 0. The molecule has 0 saturated heterocycles. The topological polar surface area (TPSA) is 38.7 Å². The van der Waals surface area contributed by atoms with Gasteiger partial charge in [0.25, 0.3) is 0 Å². The van der Waals surface area contributed by atoms with Gasteiger partial charge in [0.2, 0.25) is 0 Å². The van der Waals surface area contributed by atoms with Crippen molar-refractivity contribution in [3.63, 3.8) is 0 Å². The Bertz CT molecular complexity index is 366. The van der Waals surface area contributed by atoms with Gasteiger partial charge in [-0.3, -0.25) is 0 Å². The van der Waals surface area contributed by atoms with Crippen LogP contribution in [0, 0.1) is 0 Å². The quantitative estimate of drug-likeness (QED) is 0.597. The largest absolute Gasteiger partial charge is 0.497 e. The fourth-order valence-corrected chi connectivity index (χ4v) is 1.64. The number of aliphatic hydroxyl groups is 1. The van der Waals surface area contributed by atoms with Crippen LogP contribution in [0.5, 0.6) is 5.75 Å². The molecule has 0 amide bonds. The number of methoxy groups -OCH3 is 1. The number of aliphatic hydroxyl groups excluding tert-OH is 1. The second-order valence-electron chi connectivity index (χ2n) is 4.40. The van der Waals surface area contributed by atoms with E-state index in [0.29, 0.717) is 13.2 Å². The minimum absolute atomic E-state index is 0.383. The van der Waals surface area contributed by atoms with E-state index in [1.807, 2.05) is 37.3 Å². The van der Waals surface area contributed by atoms with Gasteiger partial charge in [0, 0.05) is 0 Å². The Morgan fingerprint density at radius 2 is 2.00 bits per heavy atom. The molecule has 0 aromatic heterocycles. The summed E-state index contributed by atoms with van der Waals surface area (Å²) in [5, 5.41) is 9.18. The van der Waals surface area contributed by atoms with Crippen LogP contribution in [0.2, 0.25) is 0 Å². The Labute approximate surface area is 109 Å². The van der Waals surface area contributed by atoms with E-state index < -0.39 is 0 Å². The number of benzene rings is 1. The number of hydrogen-bond donors (Lipinski definition) is 1. The van der Waals surface area contributed by atoms with Gasteiger partial charge in [-0.15, -0.1) is 0 Å². The Kier molecular flexibility index (Phi) is 6.47. The molecule has 1 aromatic carbocycles. The number of hydrogen-bond acceptors (Lipinski definition) is 3. The first kappa shape index (κ1) is 14.7. The van der Waals surface area contributed by atoms with Crippen molar-refractivity contribution in [3.05, 3.63) is 41.5 Å². The van der Waals surface area contributed by atoms with Gasteiger partial charge < -0.3 is 14.6 Å². The summed E-state index contributed by atoms with van der Waals surface area (Å²) in [7, 11) is 1.66. The second-order valence-corrected chi connectivity index (χ2v) is 4.40. The number of ether oxygens (including phenoxy) is 2. The summed E-state index contributed by atoms with van der Waals surface area (Å²) in [6.45, 7) is 5.03. The molecule has 0 aliphatic heterocycles. The normalized spacial score (nSPS) is 13.4. The van der Waals surface area contributed by atoms with E-state index in [1.54, 1.807) is 14.0 Å². The average molecular weight is 250 g/mol. The zero-order chi connectivity index (χ0) is 13.4. The second kappa shape index (κ2) is 7.90. The fraction of sp³-hybridized carbons (Fsp3) is 0.467. The van der Waals surface area contributed by atoms with Crippen molar-refractivity contribution in [1.29, 1.82) is 0 Å². The lowest BCUT2D eigenvalue weighted by Crippen LogP contribution is -1.99. The first-order valence-corrected chi connectivity index (χ1v) is 6.18. The molecule has 0 heterocycles. The molecule has 0 aliphatic rings. The molecular weight excluding hydrogens is 228 g/mol. The lowest BCUT2D eigenvalue weighted by molar-refractivity contribution is 0.123. The molecule has 3 nitrogen and oxygen atoms in total. The van der Waals surface area contributed by atoms with Crippen molar-refractivity contribution in [1.82, 2.24) is 0 Å². The maximum Gasteiger partial charge on any atom is 0.118 e. The van der Waals surface area contributed by atoms with Crippen molar-refractivity contribution in [2.75, 3.05) is 13.7 Å². The van der Waals surface area contributed by atoms with Crippen LogP contribution in [0.3, 0.4) is 0 Å². The van der Waals surface area contributed by atoms with Gasteiger partial charge in [-0.05, 0) is 38.0 Å². The van der Waals surface area contributed by atoms with Crippen molar-refractivity contribution in [2.45, 2.75) is 33.0 Å². The van der Waals surface area contributed by atoms with Crippen LogP contribution in [0.25, 0.3) is 0 Å². The third kappa shape index (κ3) is 5.84. The maximum absolute atomic E-state index is 9.18. The minimum atomic E-state index is -0.383. The molecule has 3 heteroatoms. The van der Waals surface area contributed by atoms with Crippen molar-refractivity contribution in [2.24, 2.45) is 0 Å². The summed E-state index contributed by atoms with van der Waals surface area (Å²) < 4.78 is 10.7. The monoisotopic (exact) mass is 250 g/mol. The predicted molar refractivity (Wildman–Crippen MR) is 72.7 cm³/mol. The lowest BCUT2D eigenvalue weighted by atomic mass is 10.2. The zero-order valence-corrected chi connectivity index (χ0v) is 11.3. The fourth-order valence-electron chi connectivity index (χ4n) is 1.64. The van der Waals surface area contributed by atoms with Crippen LogP contribution in [-0.2, 0) is 11.3 Å². The van der Waals surface area contributed by atoms with Crippen LogP contribution in [0.4, 0.5) is 0 Å². The lowest BCUT2D eigenvalue weighted by Gasteiger charge is -2.06. The summed E-state index contributed by atoms with van der Waals surface area (Å²) in [5.74, 6) is 0.856. The van der Waals surface area contributed by atoms with Gasteiger partial charge in [-0.25, -0.2) is 0 Å². The van der Waals surface area contributed by atoms with Gasteiger partial charge in [-0.2, -0.15) is 0 Å². The molecular formula is C15H22O3. The van der Waals surface area contributed by atoms with Gasteiger partial charge in [-0.1, -0.05) is 23.8 Å². The first-order valence-electron chi connectivity index (χ1n) is 6.18. The first-order chi connectivity index (χ1) is 8.61. The predicted octanol–water partition coefficient (Wildman–Crippen LogP) is 2.93.